The predicted octanol–water partition coefficient (Wildman–Crippen LogP) is 3.42. The van der Waals surface area contributed by atoms with E-state index in [1.165, 1.54) is 0 Å². The van der Waals surface area contributed by atoms with Gasteiger partial charge in [0.05, 0.1) is 0 Å². The molecule has 1 aromatic rings. The van der Waals surface area contributed by atoms with Gasteiger partial charge in [-0.15, -0.1) is 0 Å². The van der Waals surface area contributed by atoms with Crippen LogP contribution in [0.2, 0.25) is 0 Å². The van der Waals surface area contributed by atoms with Gasteiger partial charge in [-0.2, -0.15) is 0 Å². The lowest BCUT2D eigenvalue weighted by Gasteiger charge is -2.32. The molecule has 0 unspecified atom stereocenters. The molecular formula is C16H23NO. The summed E-state index contributed by atoms with van der Waals surface area (Å²) in [6.07, 6.45) is 0.718. The Kier molecular flexibility index (Phi) is 4.36. The number of nitrogens with two attached hydrogens (primary N) is 1. The fourth-order valence-corrected chi connectivity index (χ4v) is 1.75. The lowest BCUT2D eigenvalue weighted by atomic mass is 9.75. The lowest BCUT2D eigenvalue weighted by Crippen LogP contribution is -2.33. The van der Waals surface area contributed by atoms with E-state index in [0.29, 0.717) is 0 Å². The van der Waals surface area contributed by atoms with E-state index in [4.69, 9.17) is 5.73 Å². The van der Waals surface area contributed by atoms with Crippen LogP contribution in [0.3, 0.4) is 0 Å². The highest BCUT2D eigenvalue weighted by Crippen LogP contribution is 2.34. The van der Waals surface area contributed by atoms with E-state index < -0.39 is 0 Å². The number of rotatable bonds is 5. The number of phenols is 1. The Morgan fingerprint density at radius 1 is 1.28 bits per heavy atom. The minimum atomic E-state index is -0.156. The summed E-state index contributed by atoms with van der Waals surface area (Å²) in [4.78, 5) is 0. The molecule has 0 aliphatic carbocycles. The van der Waals surface area contributed by atoms with E-state index in [2.05, 4.69) is 27.0 Å². The number of hydrogen-bond donors (Lipinski definition) is 2. The van der Waals surface area contributed by atoms with Crippen molar-refractivity contribution in [2.24, 2.45) is 11.1 Å². The highest BCUT2D eigenvalue weighted by atomic mass is 16.3. The minimum absolute atomic E-state index is 0.110. The number of benzene rings is 1. The molecule has 3 N–H and O–H groups in total. The van der Waals surface area contributed by atoms with E-state index in [-0.39, 0.29) is 17.2 Å². The summed E-state index contributed by atoms with van der Waals surface area (Å²) in [6, 6.07) is 7.01. The maximum Gasteiger partial charge on any atom is 0.115 e. The zero-order valence-corrected chi connectivity index (χ0v) is 11.5. The third kappa shape index (κ3) is 3.23. The molecule has 0 aliphatic rings. The maximum atomic E-state index is 9.24. The Balaban J connectivity index is 2.77. The van der Waals surface area contributed by atoms with E-state index in [1.54, 1.807) is 12.1 Å². The summed E-state index contributed by atoms with van der Waals surface area (Å²) in [5.41, 5.74) is 9.20. The van der Waals surface area contributed by atoms with Gasteiger partial charge in [0.15, 0.2) is 0 Å². The van der Waals surface area contributed by atoms with Gasteiger partial charge in [-0.05, 0) is 31.0 Å². The summed E-state index contributed by atoms with van der Waals surface area (Å²) in [7, 11) is 0. The molecule has 0 bridgehead atoms. The van der Waals surface area contributed by atoms with E-state index in [1.807, 2.05) is 19.1 Å². The molecule has 0 aliphatic heterocycles. The molecule has 1 atom stereocenters. The maximum absolute atomic E-state index is 9.24. The molecule has 18 heavy (non-hydrogen) atoms. The molecule has 2 heteroatoms. The van der Waals surface area contributed by atoms with Gasteiger partial charge in [0.2, 0.25) is 0 Å². The Hall–Kier alpha value is -1.54. The zero-order chi connectivity index (χ0) is 13.9. The zero-order valence-electron chi connectivity index (χ0n) is 11.5. The molecule has 0 spiro atoms. The van der Waals surface area contributed by atoms with E-state index in [0.717, 1.165) is 23.1 Å². The van der Waals surface area contributed by atoms with Crippen molar-refractivity contribution in [3.63, 3.8) is 0 Å². The van der Waals surface area contributed by atoms with Crippen LogP contribution < -0.4 is 5.73 Å². The minimum Gasteiger partial charge on any atom is -0.508 e. The molecule has 1 rings (SSSR count). The Morgan fingerprint density at radius 2 is 1.78 bits per heavy atom. The quantitative estimate of drug-likeness (QED) is 0.781. The average molecular weight is 245 g/mol. The summed E-state index contributed by atoms with van der Waals surface area (Å²) in [6.45, 7) is 14.3. The highest BCUT2D eigenvalue weighted by molar-refractivity contribution is 5.30. The first-order valence-corrected chi connectivity index (χ1v) is 6.14. The lowest BCUT2D eigenvalue weighted by molar-refractivity contribution is 0.474. The van der Waals surface area contributed by atoms with Gasteiger partial charge < -0.3 is 10.8 Å². The van der Waals surface area contributed by atoms with E-state index >= 15 is 0 Å². The number of allylic oxidation sites excluding steroid dienone is 1. The molecule has 0 radical (unpaired) electrons. The van der Waals surface area contributed by atoms with Crippen molar-refractivity contribution < 1.29 is 5.11 Å². The number of aromatic hydroxyl groups is 1. The van der Waals surface area contributed by atoms with Crippen molar-refractivity contribution in [1.82, 2.24) is 0 Å². The Bertz CT molecular complexity index is 443. The first-order valence-electron chi connectivity index (χ1n) is 6.14. The van der Waals surface area contributed by atoms with Crippen molar-refractivity contribution in [3.8, 4) is 5.75 Å². The molecule has 0 fully saturated rings. The molecular weight excluding hydrogens is 222 g/mol. The van der Waals surface area contributed by atoms with E-state index in [9.17, 15) is 5.11 Å². The van der Waals surface area contributed by atoms with Crippen LogP contribution in [0.1, 0.15) is 26.3 Å². The molecule has 0 amide bonds. The second kappa shape index (κ2) is 5.40. The summed E-state index contributed by atoms with van der Waals surface area (Å²) >= 11 is 0. The second-order valence-electron chi connectivity index (χ2n) is 5.41. The third-order valence-corrected chi connectivity index (χ3v) is 3.71. The average Bonchev–Trinajstić information content (AvgIpc) is 2.30. The van der Waals surface area contributed by atoms with Crippen LogP contribution >= 0.6 is 0 Å². The van der Waals surface area contributed by atoms with Crippen LogP contribution in [0.25, 0.3) is 0 Å². The van der Waals surface area contributed by atoms with Gasteiger partial charge in [0, 0.05) is 11.5 Å². The standard InChI is InChI=1S/C16H23NO/c1-11(2)16(4,5)12(3)15(17)10-13-6-8-14(18)9-7-13/h6-9,15,18H,1,3,10,17H2,2,4-5H3/t15-/m0/s1. The molecule has 0 saturated carbocycles. The van der Waals surface area contributed by atoms with Crippen molar-refractivity contribution in [1.29, 1.82) is 0 Å². The van der Waals surface area contributed by atoms with Crippen LogP contribution in [-0.4, -0.2) is 11.1 Å². The van der Waals surface area contributed by atoms with Gasteiger partial charge in [0.25, 0.3) is 0 Å². The van der Waals surface area contributed by atoms with Gasteiger partial charge in [0.1, 0.15) is 5.75 Å². The normalized spacial score (nSPS) is 13.1. The molecule has 1 aromatic carbocycles. The van der Waals surface area contributed by atoms with Crippen molar-refractivity contribution in [2.75, 3.05) is 0 Å². The summed E-state index contributed by atoms with van der Waals surface area (Å²) < 4.78 is 0. The molecule has 2 nitrogen and oxygen atoms in total. The van der Waals surface area contributed by atoms with Crippen LogP contribution in [0.4, 0.5) is 0 Å². The molecule has 0 saturated heterocycles. The molecule has 98 valence electrons. The first kappa shape index (κ1) is 14.5. The van der Waals surface area contributed by atoms with Gasteiger partial charge >= 0.3 is 0 Å². The van der Waals surface area contributed by atoms with Crippen molar-refractivity contribution in [2.45, 2.75) is 33.2 Å². The first-order chi connectivity index (χ1) is 8.25. The van der Waals surface area contributed by atoms with Crippen LogP contribution in [0.15, 0.2) is 48.6 Å². The number of hydrogen-bond acceptors (Lipinski definition) is 2. The van der Waals surface area contributed by atoms with Crippen LogP contribution in [0, 0.1) is 5.41 Å². The molecule has 0 heterocycles. The third-order valence-electron chi connectivity index (χ3n) is 3.71. The Morgan fingerprint density at radius 3 is 2.22 bits per heavy atom. The van der Waals surface area contributed by atoms with Crippen molar-refractivity contribution >= 4 is 0 Å². The summed E-state index contributed by atoms with van der Waals surface area (Å²) in [5.74, 6) is 0.272. The smallest absolute Gasteiger partial charge is 0.115 e. The van der Waals surface area contributed by atoms with Crippen LogP contribution in [-0.2, 0) is 6.42 Å². The topological polar surface area (TPSA) is 46.2 Å². The second-order valence-corrected chi connectivity index (χ2v) is 5.41. The Labute approximate surface area is 110 Å². The highest BCUT2D eigenvalue weighted by Gasteiger charge is 2.26. The number of phenolic OH excluding ortho intramolecular Hbond substituents is 1. The fraction of sp³-hybridized carbons (Fsp3) is 0.375. The van der Waals surface area contributed by atoms with Gasteiger partial charge in [-0.3, -0.25) is 0 Å². The fourth-order valence-electron chi connectivity index (χ4n) is 1.75. The largest absolute Gasteiger partial charge is 0.508 e. The van der Waals surface area contributed by atoms with Crippen LogP contribution in [0.5, 0.6) is 5.75 Å². The molecule has 0 aromatic heterocycles. The SMILES string of the molecule is C=C(C)C(C)(C)C(=C)[C@@H](N)Cc1ccc(O)cc1. The van der Waals surface area contributed by atoms with Crippen molar-refractivity contribution in [3.05, 3.63) is 54.1 Å². The van der Waals surface area contributed by atoms with Gasteiger partial charge in [-0.1, -0.05) is 50.3 Å². The van der Waals surface area contributed by atoms with Gasteiger partial charge in [-0.25, -0.2) is 0 Å². The predicted molar refractivity (Wildman–Crippen MR) is 77.5 cm³/mol. The summed E-state index contributed by atoms with van der Waals surface area (Å²) in [5, 5.41) is 9.24. The monoisotopic (exact) mass is 245 g/mol.